The van der Waals surface area contributed by atoms with Gasteiger partial charge in [0.15, 0.2) is 0 Å². The summed E-state index contributed by atoms with van der Waals surface area (Å²) in [7, 11) is 1.53. The van der Waals surface area contributed by atoms with E-state index in [4.69, 9.17) is 4.74 Å². The topological polar surface area (TPSA) is 62.1 Å². The molecule has 4 nitrogen and oxygen atoms in total. The molecule has 0 aliphatic rings. The Balaban J connectivity index is 1.83. The Morgan fingerprint density at radius 1 is 1.00 bits per heavy atom. The first-order valence-corrected chi connectivity index (χ1v) is 8.53. The highest BCUT2D eigenvalue weighted by Crippen LogP contribution is 2.09. The molecule has 2 rings (SSSR count). The van der Waals surface area contributed by atoms with E-state index in [2.05, 4.69) is 11.4 Å². The first kappa shape index (κ1) is 18.7. The van der Waals surface area contributed by atoms with Crippen molar-refractivity contribution in [1.29, 1.82) is 5.26 Å². The van der Waals surface area contributed by atoms with Crippen LogP contribution in [0.1, 0.15) is 24.0 Å². The molecule has 0 aliphatic carbocycles. The number of methoxy groups -OCH3 is 1. The van der Waals surface area contributed by atoms with Gasteiger partial charge in [-0.05, 0) is 36.8 Å². The summed E-state index contributed by atoms with van der Waals surface area (Å²) >= 11 is 0. The average molecular weight is 336 g/mol. The molecule has 0 saturated heterocycles. The number of ether oxygens (including phenoxy) is 1. The van der Waals surface area contributed by atoms with Gasteiger partial charge in [-0.15, -0.1) is 0 Å². The monoisotopic (exact) mass is 336 g/mol. The Kier molecular flexibility index (Phi) is 7.68. The average Bonchev–Trinajstić information content (AvgIpc) is 2.67. The largest absolute Gasteiger partial charge is 0.372 e. The van der Waals surface area contributed by atoms with Crippen LogP contribution in [0, 0.1) is 11.3 Å². The summed E-state index contributed by atoms with van der Waals surface area (Å²) in [6.07, 6.45) is 2.13. The fourth-order valence-corrected chi connectivity index (χ4v) is 2.69. The Bertz CT molecular complexity index is 680. The molecule has 0 aromatic heterocycles. The molecule has 25 heavy (non-hydrogen) atoms. The molecule has 1 amide bonds. The van der Waals surface area contributed by atoms with Crippen LogP contribution in [0.5, 0.6) is 0 Å². The predicted molar refractivity (Wildman–Crippen MR) is 97.9 cm³/mol. The Morgan fingerprint density at radius 2 is 1.52 bits per heavy atom. The summed E-state index contributed by atoms with van der Waals surface area (Å²) in [5, 5.41) is 12.1. The van der Waals surface area contributed by atoms with Gasteiger partial charge < -0.3 is 10.1 Å². The summed E-state index contributed by atoms with van der Waals surface area (Å²) < 4.78 is 5.32. The van der Waals surface area contributed by atoms with Crippen LogP contribution in [-0.4, -0.2) is 25.2 Å². The quantitative estimate of drug-likeness (QED) is 0.764. The van der Waals surface area contributed by atoms with Gasteiger partial charge in [0, 0.05) is 7.11 Å². The normalized spacial score (nSPS) is 12.8. The number of nitrogens with zero attached hydrogens (tertiary/aromatic N) is 1. The second-order valence-corrected chi connectivity index (χ2v) is 5.96. The van der Waals surface area contributed by atoms with Gasteiger partial charge in [0.25, 0.3) is 0 Å². The summed E-state index contributed by atoms with van der Waals surface area (Å²) in [6.45, 7) is 0. The minimum Gasteiger partial charge on any atom is -0.372 e. The maximum Gasteiger partial charge on any atom is 0.250 e. The van der Waals surface area contributed by atoms with E-state index in [1.54, 1.807) is 0 Å². The van der Waals surface area contributed by atoms with E-state index < -0.39 is 12.1 Å². The number of hydrogen-bond donors (Lipinski definition) is 1. The maximum atomic E-state index is 12.4. The molecule has 2 aromatic rings. The number of nitriles is 1. The minimum absolute atomic E-state index is 0.224. The molecule has 0 saturated carbocycles. The smallest absolute Gasteiger partial charge is 0.250 e. The van der Waals surface area contributed by atoms with Crippen LogP contribution >= 0.6 is 0 Å². The zero-order chi connectivity index (χ0) is 17.9. The van der Waals surface area contributed by atoms with Gasteiger partial charge in [0.1, 0.15) is 12.1 Å². The lowest BCUT2D eigenvalue weighted by Gasteiger charge is -2.18. The van der Waals surface area contributed by atoms with Crippen molar-refractivity contribution in [1.82, 2.24) is 5.32 Å². The van der Waals surface area contributed by atoms with E-state index in [0.29, 0.717) is 12.8 Å². The lowest BCUT2D eigenvalue weighted by atomic mass is 10.0. The van der Waals surface area contributed by atoms with Crippen molar-refractivity contribution >= 4 is 5.91 Å². The lowest BCUT2D eigenvalue weighted by Crippen LogP contribution is -2.42. The van der Waals surface area contributed by atoms with Gasteiger partial charge in [-0.25, -0.2) is 0 Å². The predicted octanol–water partition coefficient (Wildman–Crippen LogP) is 3.28. The van der Waals surface area contributed by atoms with E-state index >= 15 is 0 Å². The minimum atomic E-state index is -0.548. The third-order valence-electron chi connectivity index (χ3n) is 4.15. The first-order chi connectivity index (χ1) is 12.2. The van der Waals surface area contributed by atoms with E-state index in [0.717, 1.165) is 18.4 Å². The molecule has 0 radical (unpaired) electrons. The van der Waals surface area contributed by atoms with Gasteiger partial charge in [0.2, 0.25) is 5.91 Å². The van der Waals surface area contributed by atoms with Crippen LogP contribution in [0.25, 0.3) is 0 Å². The Labute approximate surface area is 149 Å². The SMILES string of the molecule is CO[C@@H](CCc1ccccc1)C(=O)N[C@H](C#N)CCc1ccccc1. The van der Waals surface area contributed by atoms with Crippen molar-refractivity contribution < 1.29 is 9.53 Å². The van der Waals surface area contributed by atoms with Crippen LogP contribution < -0.4 is 5.32 Å². The third-order valence-corrected chi connectivity index (χ3v) is 4.15. The van der Waals surface area contributed by atoms with Crippen LogP contribution in [-0.2, 0) is 22.4 Å². The number of rotatable bonds is 9. The van der Waals surface area contributed by atoms with E-state index in [9.17, 15) is 10.1 Å². The van der Waals surface area contributed by atoms with E-state index in [1.807, 2.05) is 60.7 Å². The van der Waals surface area contributed by atoms with Gasteiger partial charge >= 0.3 is 0 Å². The molecule has 1 N–H and O–H groups in total. The molecule has 0 heterocycles. The van der Waals surface area contributed by atoms with E-state index in [1.165, 1.54) is 12.7 Å². The zero-order valence-corrected chi connectivity index (χ0v) is 14.5. The maximum absolute atomic E-state index is 12.4. The van der Waals surface area contributed by atoms with Crippen molar-refractivity contribution in [2.45, 2.75) is 37.8 Å². The lowest BCUT2D eigenvalue weighted by molar-refractivity contribution is -0.131. The first-order valence-electron chi connectivity index (χ1n) is 8.53. The van der Waals surface area contributed by atoms with Crippen LogP contribution in [0.3, 0.4) is 0 Å². The highest BCUT2D eigenvalue weighted by Gasteiger charge is 2.21. The van der Waals surface area contributed by atoms with E-state index in [-0.39, 0.29) is 5.91 Å². The van der Waals surface area contributed by atoms with Crippen LogP contribution in [0.2, 0.25) is 0 Å². The molecule has 2 atom stereocenters. The molecule has 0 aliphatic heterocycles. The van der Waals surface area contributed by atoms with Crippen molar-refractivity contribution in [3.8, 4) is 6.07 Å². The molecule has 0 spiro atoms. The molecule has 2 aromatic carbocycles. The zero-order valence-electron chi connectivity index (χ0n) is 14.5. The van der Waals surface area contributed by atoms with Gasteiger partial charge in [-0.2, -0.15) is 5.26 Å². The summed E-state index contributed by atoms with van der Waals surface area (Å²) in [5.41, 5.74) is 2.32. The van der Waals surface area contributed by atoms with Crippen molar-refractivity contribution in [3.05, 3.63) is 71.8 Å². The molecule has 130 valence electrons. The van der Waals surface area contributed by atoms with Crippen molar-refractivity contribution in [2.24, 2.45) is 0 Å². The Hall–Kier alpha value is -2.64. The Morgan fingerprint density at radius 3 is 2.00 bits per heavy atom. The molecule has 0 fully saturated rings. The highest BCUT2D eigenvalue weighted by molar-refractivity contribution is 5.81. The molecule has 0 bridgehead atoms. The molecule has 4 heteroatoms. The number of nitrogens with one attached hydrogen (secondary N) is 1. The summed E-state index contributed by atoms with van der Waals surface area (Å²) in [4.78, 5) is 12.4. The number of carbonyl (C=O) groups is 1. The second-order valence-electron chi connectivity index (χ2n) is 5.96. The summed E-state index contributed by atoms with van der Waals surface area (Å²) in [5.74, 6) is -0.224. The van der Waals surface area contributed by atoms with Crippen LogP contribution in [0.15, 0.2) is 60.7 Å². The summed E-state index contributed by atoms with van der Waals surface area (Å²) in [6, 6.07) is 21.6. The van der Waals surface area contributed by atoms with Crippen molar-refractivity contribution in [2.75, 3.05) is 7.11 Å². The number of aryl methyl sites for hydroxylation is 2. The number of carbonyl (C=O) groups excluding carboxylic acids is 1. The molecular formula is C21H24N2O2. The number of hydrogen-bond acceptors (Lipinski definition) is 3. The van der Waals surface area contributed by atoms with Crippen molar-refractivity contribution in [3.63, 3.8) is 0 Å². The highest BCUT2D eigenvalue weighted by atomic mass is 16.5. The fraction of sp³-hybridized carbons (Fsp3) is 0.333. The fourth-order valence-electron chi connectivity index (χ4n) is 2.69. The van der Waals surface area contributed by atoms with Gasteiger partial charge in [-0.3, -0.25) is 4.79 Å². The van der Waals surface area contributed by atoms with Gasteiger partial charge in [-0.1, -0.05) is 60.7 Å². The van der Waals surface area contributed by atoms with Gasteiger partial charge in [0.05, 0.1) is 6.07 Å². The molecule has 0 unspecified atom stereocenters. The number of amides is 1. The number of benzene rings is 2. The van der Waals surface area contributed by atoms with Crippen LogP contribution in [0.4, 0.5) is 0 Å². The molecular weight excluding hydrogens is 312 g/mol. The third kappa shape index (κ3) is 6.40. The second kappa shape index (κ2) is 10.3. The standard InChI is InChI=1S/C21H24N2O2/c1-25-20(15-13-18-10-6-3-7-11-18)21(24)23-19(16-22)14-12-17-8-4-2-5-9-17/h2-11,19-20H,12-15H2,1H3,(H,23,24)/t19-,20-/m0/s1.